The summed E-state index contributed by atoms with van der Waals surface area (Å²) in [6, 6.07) is 23.9. The highest BCUT2D eigenvalue weighted by Crippen LogP contribution is 2.35. The molecule has 0 amide bonds. The lowest BCUT2D eigenvalue weighted by molar-refractivity contribution is 0.0979. The van der Waals surface area contributed by atoms with Crippen LogP contribution in [-0.2, 0) is 0 Å². The number of fused-ring (bicyclic) bond motifs is 3. The molecule has 4 aromatic carbocycles. The number of benzene rings is 4. The Kier molecular flexibility index (Phi) is 4.44. The Hall–Kier alpha value is -4.12. The number of carbonyl (C=O) groups excluding carboxylic acids is 2. The maximum absolute atomic E-state index is 12.9. The van der Waals surface area contributed by atoms with E-state index in [9.17, 15) is 9.59 Å². The molecule has 4 aromatic rings. The van der Waals surface area contributed by atoms with Gasteiger partial charge in [-0.15, -0.1) is 5.11 Å². The minimum atomic E-state index is -0.164. The molecule has 5 heteroatoms. The highest BCUT2D eigenvalue weighted by Gasteiger charge is 2.29. The predicted octanol–water partition coefficient (Wildman–Crippen LogP) is 6.10. The van der Waals surface area contributed by atoms with E-state index in [1.54, 1.807) is 42.5 Å². The molecule has 0 heterocycles. The number of hydrogen-bond acceptors (Lipinski definition) is 5. The van der Waals surface area contributed by atoms with E-state index in [0.29, 0.717) is 27.9 Å². The van der Waals surface area contributed by atoms with Gasteiger partial charge in [-0.25, -0.2) is 0 Å². The van der Waals surface area contributed by atoms with Gasteiger partial charge in [0.1, 0.15) is 0 Å². The average molecular weight is 405 g/mol. The van der Waals surface area contributed by atoms with Gasteiger partial charge in [-0.3, -0.25) is 9.59 Å². The van der Waals surface area contributed by atoms with E-state index in [4.69, 9.17) is 0 Å². The standard InChI is InChI=1S/C26H19N3O2/c1-29(2)24-14-13-23(17-7-3-4-8-18(17)24)28-27-16-11-12-21-22(15-16)26(31)20-10-6-5-9-19(20)25(21)30/h3-15H,1-2H3. The van der Waals surface area contributed by atoms with Crippen molar-refractivity contribution >= 4 is 39.4 Å². The molecule has 150 valence electrons. The van der Waals surface area contributed by atoms with Crippen LogP contribution in [0.2, 0.25) is 0 Å². The number of anilines is 1. The van der Waals surface area contributed by atoms with Crippen molar-refractivity contribution in [3.63, 3.8) is 0 Å². The van der Waals surface area contributed by atoms with Crippen LogP contribution in [0, 0.1) is 0 Å². The molecule has 0 saturated heterocycles. The molecule has 31 heavy (non-hydrogen) atoms. The summed E-state index contributed by atoms with van der Waals surface area (Å²) in [5.41, 5.74) is 4.02. The van der Waals surface area contributed by atoms with Crippen LogP contribution < -0.4 is 4.90 Å². The van der Waals surface area contributed by atoms with Gasteiger partial charge in [0.2, 0.25) is 0 Å². The van der Waals surface area contributed by atoms with Crippen molar-refractivity contribution in [1.29, 1.82) is 0 Å². The van der Waals surface area contributed by atoms with Crippen molar-refractivity contribution in [2.24, 2.45) is 10.2 Å². The zero-order valence-electron chi connectivity index (χ0n) is 17.2. The Morgan fingerprint density at radius 1 is 0.613 bits per heavy atom. The molecule has 0 aliphatic heterocycles. The number of carbonyl (C=O) groups is 2. The van der Waals surface area contributed by atoms with Crippen molar-refractivity contribution in [3.8, 4) is 0 Å². The quantitative estimate of drug-likeness (QED) is 0.341. The van der Waals surface area contributed by atoms with E-state index in [1.165, 1.54) is 0 Å². The third kappa shape index (κ3) is 3.11. The first-order chi connectivity index (χ1) is 15.0. The zero-order valence-corrected chi connectivity index (χ0v) is 17.2. The number of nitrogens with zero attached hydrogens (tertiary/aromatic N) is 3. The smallest absolute Gasteiger partial charge is 0.194 e. The topological polar surface area (TPSA) is 62.1 Å². The van der Waals surface area contributed by atoms with Crippen LogP contribution in [0.1, 0.15) is 31.8 Å². The Bertz CT molecular complexity index is 1400. The number of azo groups is 1. The number of ketones is 2. The molecular weight excluding hydrogens is 386 g/mol. The van der Waals surface area contributed by atoms with E-state index in [1.807, 2.05) is 44.4 Å². The third-order valence-corrected chi connectivity index (χ3v) is 5.54. The van der Waals surface area contributed by atoms with Crippen molar-refractivity contribution in [2.75, 3.05) is 19.0 Å². The second-order valence-corrected chi connectivity index (χ2v) is 7.68. The minimum Gasteiger partial charge on any atom is -0.377 e. The normalized spacial score (nSPS) is 12.8. The van der Waals surface area contributed by atoms with Gasteiger partial charge < -0.3 is 4.90 Å². The van der Waals surface area contributed by atoms with Gasteiger partial charge in [0.25, 0.3) is 0 Å². The molecule has 0 fully saturated rings. The van der Waals surface area contributed by atoms with E-state index < -0.39 is 0 Å². The van der Waals surface area contributed by atoms with Gasteiger partial charge >= 0.3 is 0 Å². The molecule has 1 aliphatic rings. The molecular formula is C26H19N3O2. The molecule has 0 bridgehead atoms. The lowest BCUT2D eigenvalue weighted by Crippen LogP contribution is -2.20. The number of rotatable bonds is 3. The van der Waals surface area contributed by atoms with Gasteiger partial charge in [-0.05, 0) is 30.3 Å². The van der Waals surface area contributed by atoms with Gasteiger partial charge in [0.15, 0.2) is 11.6 Å². The minimum absolute atomic E-state index is 0.140. The second-order valence-electron chi connectivity index (χ2n) is 7.68. The van der Waals surface area contributed by atoms with E-state index in [2.05, 4.69) is 21.2 Å². The summed E-state index contributed by atoms with van der Waals surface area (Å²) in [4.78, 5) is 27.8. The molecule has 0 atom stereocenters. The maximum atomic E-state index is 12.9. The van der Waals surface area contributed by atoms with Gasteiger partial charge in [-0.1, -0.05) is 48.5 Å². The number of hydrogen-bond donors (Lipinski definition) is 0. The summed E-state index contributed by atoms with van der Waals surface area (Å²) in [6.45, 7) is 0. The lowest BCUT2D eigenvalue weighted by Gasteiger charge is -2.17. The van der Waals surface area contributed by atoms with Crippen LogP contribution in [-0.4, -0.2) is 25.7 Å². The summed E-state index contributed by atoms with van der Waals surface area (Å²) in [5.74, 6) is -0.304. The molecule has 5 rings (SSSR count). The van der Waals surface area contributed by atoms with Crippen LogP contribution in [0.5, 0.6) is 0 Å². The van der Waals surface area contributed by atoms with E-state index in [0.717, 1.165) is 22.1 Å². The zero-order chi connectivity index (χ0) is 21.5. The van der Waals surface area contributed by atoms with Crippen molar-refractivity contribution in [2.45, 2.75) is 0 Å². The summed E-state index contributed by atoms with van der Waals surface area (Å²) < 4.78 is 0. The maximum Gasteiger partial charge on any atom is 0.194 e. The summed E-state index contributed by atoms with van der Waals surface area (Å²) in [5, 5.41) is 10.9. The van der Waals surface area contributed by atoms with Crippen LogP contribution in [0.3, 0.4) is 0 Å². The highest BCUT2D eigenvalue weighted by molar-refractivity contribution is 6.28. The van der Waals surface area contributed by atoms with Crippen LogP contribution in [0.15, 0.2) is 89.1 Å². The fraction of sp³-hybridized carbons (Fsp3) is 0.0769. The molecule has 0 N–H and O–H groups in total. The molecule has 5 nitrogen and oxygen atoms in total. The fourth-order valence-corrected chi connectivity index (χ4v) is 4.01. The van der Waals surface area contributed by atoms with Gasteiger partial charge in [0.05, 0.1) is 11.4 Å². The van der Waals surface area contributed by atoms with Crippen LogP contribution >= 0.6 is 0 Å². The highest BCUT2D eigenvalue weighted by atomic mass is 16.1. The Morgan fingerprint density at radius 2 is 1.23 bits per heavy atom. The van der Waals surface area contributed by atoms with Crippen LogP contribution in [0.25, 0.3) is 10.8 Å². The first kappa shape index (κ1) is 18.9. The van der Waals surface area contributed by atoms with Gasteiger partial charge in [-0.2, -0.15) is 5.11 Å². The molecule has 0 unspecified atom stereocenters. The van der Waals surface area contributed by atoms with Crippen LogP contribution in [0.4, 0.5) is 17.1 Å². The lowest BCUT2D eigenvalue weighted by atomic mass is 9.84. The molecule has 0 aromatic heterocycles. The Morgan fingerprint density at radius 3 is 1.94 bits per heavy atom. The Balaban J connectivity index is 1.55. The molecule has 0 saturated carbocycles. The summed E-state index contributed by atoms with van der Waals surface area (Å²) in [7, 11) is 4.01. The molecule has 1 aliphatic carbocycles. The predicted molar refractivity (Wildman–Crippen MR) is 122 cm³/mol. The average Bonchev–Trinajstić information content (AvgIpc) is 2.80. The fourth-order valence-electron chi connectivity index (χ4n) is 4.01. The molecule has 0 spiro atoms. The first-order valence-electron chi connectivity index (χ1n) is 9.98. The third-order valence-electron chi connectivity index (χ3n) is 5.54. The second kappa shape index (κ2) is 7.29. The summed E-state index contributed by atoms with van der Waals surface area (Å²) >= 11 is 0. The Labute approximate surface area is 179 Å². The van der Waals surface area contributed by atoms with Gasteiger partial charge in [0, 0.05) is 52.8 Å². The molecule has 0 radical (unpaired) electrons. The summed E-state index contributed by atoms with van der Waals surface area (Å²) in [6.07, 6.45) is 0. The SMILES string of the molecule is CN(C)c1ccc(N=Nc2ccc3c(c2)C(=O)c2ccccc2C3=O)c2ccccc12. The van der Waals surface area contributed by atoms with Crippen molar-refractivity contribution in [3.05, 3.63) is 101 Å². The monoisotopic (exact) mass is 405 g/mol. The van der Waals surface area contributed by atoms with Crippen molar-refractivity contribution in [1.82, 2.24) is 0 Å². The van der Waals surface area contributed by atoms with E-state index in [-0.39, 0.29) is 11.6 Å². The van der Waals surface area contributed by atoms with E-state index >= 15 is 0 Å². The largest absolute Gasteiger partial charge is 0.377 e. The van der Waals surface area contributed by atoms with Crippen molar-refractivity contribution < 1.29 is 9.59 Å². The first-order valence-corrected chi connectivity index (χ1v) is 9.98.